The van der Waals surface area contributed by atoms with Crippen molar-refractivity contribution in [3.05, 3.63) is 66.4 Å². The average Bonchev–Trinajstić information content (AvgIpc) is 3.61. The molecule has 0 atom stereocenters. The van der Waals surface area contributed by atoms with E-state index in [4.69, 9.17) is 4.74 Å². The van der Waals surface area contributed by atoms with Crippen LogP contribution in [-0.4, -0.2) is 75.9 Å². The van der Waals surface area contributed by atoms with Gasteiger partial charge in [0, 0.05) is 68.1 Å². The van der Waals surface area contributed by atoms with Crippen LogP contribution in [0.25, 0.3) is 22.0 Å². The fourth-order valence-electron chi connectivity index (χ4n) is 4.52. The van der Waals surface area contributed by atoms with E-state index >= 15 is 0 Å². The average molecular weight is 521 g/mol. The van der Waals surface area contributed by atoms with E-state index in [0.717, 1.165) is 37.1 Å². The van der Waals surface area contributed by atoms with Crippen LogP contribution < -0.4 is 4.74 Å². The Bertz CT molecular complexity index is 1380. The van der Waals surface area contributed by atoms with Crippen LogP contribution in [0.2, 0.25) is 0 Å². The number of likely N-dealkylation sites (tertiary alicyclic amines) is 1. The second-order valence-electron chi connectivity index (χ2n) is 9.34. The normalized spacial score (nSPS) is 13.1. The molecular formula is C28H33FN6O3. The molecule has 0 radical (unpaired) electrons. The molecule has 0 saturated carbocycles. The molecule has 0 bridgehead atoms. The van der Waals surface area contributed by atoms with Crippen molar-refractivity contribution in [3.8, 4) is 16.9 Å². The highest BCUT2D eigenvalue weighted by atomic mass is 19.1. The Labute approximate surface area is 221 Å². The molecule has 1 aliphatic rings. The maximum absolute atomic E-state index is 14.1. The van der Waals surface area contributed by atoms with E-state index < -0.39 is 0 Å². The zero-order chi connectivity index (χ0) is 27.1. The Balaban J connectivity index is 0.000000194. The summed E-state index contributed by atoms with van der Waals surface area (Å²) in [5.41, 5.74) is 2.61. The van der Waals surface area contributed by atoms with Crippen molar-refractivity contribution in [2.45, 2.75) is 32.2 Å². The summed E-state index contributed by atoms with van der Waals surface area (Å²) in [5.74, 6) is 0.344. The number of carbonyl (C=O) groups is 2. The lowest BCUT2D eigenvalue weighted by Gasteiger charge is -2.26. The number of aromatic nitrogens is 4. The van der Waals surface area contributed by atoms with Crippen molar-refractivity contribution in [1.82, 2.24) is 29.8 Å². The quantitative estimate of drug-likeness (QED) is 0.407. The van der Waals surface area contributed by atoms with Gasteiger partial charge in [0.1, 0.15) is 11.6 Å². The number of methoxy groups -OCH3 is 1. The van der Waals surface area contributed by atoms with Gasteiger partial charge in [-0.3, -0.25) is 14.3 Å². The van der Waals surface area contributed by atoms with Crippen LogP contribution in [0.3, 0.4) is 0 Å². The number of benzene rings is 2. The van der Waals surface area contributed by atoms with Crippen molar-refractivity contribution >= 4 is 22.7 Å². The molecule has 1 N–H and O–H groups in total. The molecule has 0 spiro atoms. The molecule has 1 aliphatic heterocycles. The summed E-state index contributed by atoms with van der Waals surface area (Å²) in [7, 11) is 4.92. The molecule has 2 aromatic heterocycles. The minimum atomic E-state index is -0.385. The number of hydrogen-bond acceptors (Lipinski definition) is 5. The number of aryl methyl sites for hydroxylation is 1. The van der Waals surface area contributed by atoms with Gasteiger partial charge < -0.3 is 19.5 Å². The molecule has 3 heterocycles. The zero-order valence-electron chi connectivity index (χ0n) is 22.0. The van der Waals surface area contributed by atoms with Crippen molar-refractivity contribution in [1.29, 1.82) is 0 Å². The lowest BCUT2D eigenvalue weighted by Crippen LogP contribution is -2.36. The van der Waals surface area contributed by atoms with E-state index in [9.17, 15) is 14.0 Å². The highest BCUT2D eigenvalue weighted by Gasteiger charge is 2.18. The smallest absolute Gasteiger partial charge is 0.253 e. The Morgan fingerprint density at radius 3 is 2.55 bits per heavy atom. The van der Waals surface area contributed by atoms with Crippen LogP contribution in [0.15, 0.2) is 55.0 Å². The fraction of sp³-hybridized carbons (Fsp3) is 0.357. The Morgan fingerprint density at radius 1 is 1.11 bits per heavy atom. The highest BCUT2D eigenvalue weighted by Crippen LogP contribution is 2.36. The molecule has 2 aromatic carbocycles. The van der Waals surface area contributed by atoms with Crippen LogP contribution >= 0.6 is 0 Å². The van der Waals surface area contributed by atoms with Crippen LogP contribution in [-0.2, 0) is 11.3 Å². The maximum atomic E-state index is 14.1. The molecule has 1 fully saturated rings. The van der Waals surface area contributed by atoms with Gasteiger partial charge in [-0.2, -0.15) is 0 Å². The largest absolute Gasteiger partial charge is 0.496 e. The summed E-state index contributed by atoms with van der Waals surface area (Å²) in [6, 6.07) is 10.8. The van der Waals surface area contributed by atoms with Crippen molar-refractivity contribution in [2.24, 2.45) is 0 Å². The minimum Gasteiger partial charge on any atom is -0.496 e. The minimum absolute atomic E-state index is 0.177. The predicted octanol–water partition coefficient (Wildman–Crippen LogP) is 4.37. The number of amides is 2. The predicted molar refractivity (Wildman–Crippen MR) is 143 cm³/mol. The summed E-state index contributed by atoms with van der Waals surface area (Å²) < 4.78 is 21.2. The summed E-state index contributed by atoms with van der Waals surface area (Å²) in [6.45, 7) is 2.49. The first-order valence-electron chi connectivity index (χ1n) is 12.7. The summed E-state index contributed by atoms with van der Waals surface area (Å²) >= 11 is 0. The number of nitrogens with zero attached hydrogens (tertiary/aromatic N) is 5. The highest BCUT2D eigenvalue weighted by molar-refractivity contribution is 6.04. The molecule has 9 nitrogen and oxygen atoms in total. The molecule has 0 unspecified atom stereocenters. The molecular weight excluding hydrogens is 487 g/mol. The zero-order valence-corrected chi connectivity index (χ0v) is 22.0. The van der Waals surface area contributed by atoms with E-state index in [2.05, 4.69) is 15.3 Å². The maximum Gasteiger partial charge on any atom is 0.253 e. The number of hydrogen-bond donors (Lipinski definition) is 1. The van der Waals surface area contributed by atoms with E-state index in [0.29, 0.717) is 35.2 Å². The SMILES string of the molecule is COc1ccccc1-c1cc(C(=O)N(C)C)cc2c(F)c[nH]c12.O=C(CCn1ccnn1)N1CCCCC1. The number of rotatable bonds is 6. The molecule has 2 amide bonds. The first kappa shape index (κ1) is 26.8. The number of nitrogens with one attached hydrogen (secondary N) is 1. The molecule has 200 valence electrons. The number of piperidine rings is 1. The first-order chi connectivity index (χ1) is 18.4. The van der Waals surface area contributed by atoms with Gasteiger partial charge in [0.2, 0.25) is 5.91 Å². The third-order valence-electron chi connectivity index (χ3n) is 6.52. The standard InChI is InChI=1S/C18H17FN2O2.C10H16N4O/c1-21(2)18(22)11-8-13(12-6-4-5-7-16(12)23-3)17-14(9-11)15(19)10-20-17;15-10(13-6-2-1-3-7-13)4-8-14-9-5-11-12-14/h4-10,20H,1-3H3;5,9H,1-4,6-8H2. The number of halogens is 1. The summed E-state index contributed by atoms with van der Waals surface area (Å²) in [6.07, 6.45) is 8.79. The van der Waals surface area contributed by atoms with Crippen LogP contribution in [0.5, 0.6) is 5.75 Å². The number of ether oxygens (including phenoxy) is 1. The third-order valence-corrected chi connectivity index (χ3v) is 6.52. The Hall–Kier alpha value is -4.21. The van der Waals surface area contributed by atoms with E-state index in [1.807, 2.05) is 29.2 Å². The van der Waals surface area contributed by atoms with Gasteiger partial charge in [0.15, 0.2) is 0 Å². The van der Waals surface area contributed by atoms with Crippen molar-refractivity contribution in [3.63, 3.8) is 0 Å². The van der Waals surface area contributed by atoms with Gasteiger partial charge in [-0.1, -0.05) is 23.4 Å². The van der Waals surface area contributed by atoms with Gasteiger partial charge >= 0.3 is 0 Å². The second kappa shape index (κ2) is 12.4. The molecule has 38 heavy (non-hydrogen) atoms. The Kier molecular flexibility index (Phi) is 8.73. The van der Waals surface area contributed by atoms with Gasteiger partial charge in [-0.15, -0.1) is 5.10 Å². The second-order valence-corrected chi connectivity index (χ2v) is 9.34. The monoisotopic (exact) mass is 520 g/mol. The van der Waals surface area contributed by atoms with Gasteiger partial charge in [-0.25, -0.2) is 4.39 Å². The number of aromatic amines is 1. The van der Waals surface area contributed by atoms with E-state index in [1.54, 1.807) is 50.4 Å². The number of carbonyl (C=O) groups excluding carboxylic acids is 2. The first-order valence-corrected chi connectivity index (χ1v) is 12.7. The topological polar surface area (TPSA) is 96.3 Å². The van der Waals surface area contributed by atoms with Crippen LogP contribution in [0.4, 0.5) is 4.39 Å². The molecule has 10 heteroatoms. The fourth-order valence-corrected chi connectivity index (χ4v) is 4.52. The number of para-hydroxylation sites is 1. The van der Waals surface area contributed by atoms with Crippen molar-refractivity contribution < 1.29 is 18.7 Å². The van der Waals surface area contributed by atoms with Gasteiger partial charge in [0.25, 0.3) is 5.91 Å². The molecule has 5 rings (SSSR count). The van der Waals surface area contributed by atoms with Crippen molar-refractivity contribution in [2.75, 3.05) is 34.3 Å². The lowest BCUT2D eigenvalue weighted by atomic mass is 9.98. The van der Waals surface area contributed by atoms with Gasteiger partial charge in [0.05, 0.1) is 25.4 Å². The summed E-state index contributed by atoms with van der Waals surface area (Å²) in [4.78, 5) is 30.5. The summed E-state index contributed by atoms with van der Waals surface area (Å²) in [5, 5.41) is 7.92. The van der Waals surface area contributed by atoms with E-state index in [1.165, 1.54) is 17.5 Å². The van der Waals surface area contributed by atoms with Crippen LogP contribution in [0, 0.1) is 5.82 Å². The lowest BCUT2D eigenvalue weighted by molar-refractivity contribution is -0.132. The molecule has 0 aliphatic carbocycles. The molecule has 1 saturated heterocycles. The van der Waals surface area contributed by atoms with Crippen LogP contribution in [0.1, 0.15) is 36.0 Å². The van der Waals surface area contributed by atoms with E-state index in [-0.39, 0.29) is 17.6 Å². The molecule has 4 aromatic rings. The van der Waals surface area contributed by atoms with Gasteiger partial charge in [-0.05, 0) is 37.5 Å². The third kappa shape index (κ3) is 6.19. The Morgan fingerprint density at radius 2 is 1.87 bits per heavy atom. The number of fused-ring (bicyclic) bond motifs is 1. The number of H-pyrrole nitrogens is 1.